The van der Waals surface area contributed by atoms with Gasteiger partial charge in [0.15, 0.2) is 0 Å². The molecule has 6 aromatic rings. The predicted octanol–water partition coefficient (Wildman–Crippen LogP) is 13.3. The summed E-state index contributed by atoms with van der Waals surface area (Å²) in [5, 5.41) is 0. The number of carbonyl (C=O) groups is 2. The second-order valence-corrected chi connectivity index (χ2v) is 18.1. The normalized spacial score (nSPS) is 12.8. The summed E-state index contributed by atoms with van der Waals surface area (Å²) < 4.78 is 1.19. The Balaban J connectivity index is 0.00000166. The van der Waals surface area contributed by atoms with E-state index in [-0.39, 0.29) is 23.7 Å². The van der Waals surface area contributed by atoms with Gasteiger partial charge in [0.25, 0.3) is 11.8 Å². The summed E-state index contributed by atoms with van der Waals surface area (Å²) >= 11 is 4.55. The van der Waals surface area contributed by atoms with E-state index in [1.54, 1.807) is 6.20 Å². The molecule has 0 bridgehead atoms. The van der Waals surface area contributed by atoms with Crippen molar-refractivity contribution in [1.29, 1.82) is 0 Å². The molecule has 1 aliphatic heterocycles. The minimum atomic E-state index is -0.315. The van der Waals surface area contributed by atoms with Crippen LogP contribution in [0.4, 0.5) is 22.7 Å². The Labute approximate surface area is 352 Å². The maximum Gasteiger partial charge on any atom is 0.266 e. The zero-order valence-electron chi connectivity index (χ0n) is 31.4. The van der Waals surface area contributed by atoms with Gasteiger partial charge < -0.3 is 4.90 Å². The number of para-hydroxylation sites is 3. The van der Waals surface area contributed by atoms with Crippen LogP contribution in [0.25, 0.3) is 23.3 Å². The molecule has 0 atom stereocenters. The van der Waals surface area contributed by atoms with Gasteiger partial charge in [0.2, 0.25) is 0 Å². The van der Waals surface area contributed by atoms with E-state index in [1.807, 2.05) is 133 Å². The van der Waals surface area contributed by atoms with Gasteiger partial charge in [0.05, 0.1) is 25.0 Å². The minimum Gasteiger partial charge on any atom is -0.311 e. The van der Waals surface area contributed by atoms with E-state index in [4.69, 9.17) is 0 Å². The average Bonchev–Trinajstić information content (AvgIpc) is 3.47. The first-order chi connectivity index (χ1) is 26.7. The van der Waals surface area contributed by atoms with Crippen LogP contribution < -0.4 is 9.80 Å². The van der Waals surface area contributed by atoms with Gasteiger partial charge in [-0.3, -0.25) is 14.6 Å². The van der Waals surface area contributed by atoms with E-state index in [9.17, 15) is 9.59 Å². The first kappa shape index (κ1) is 39.8. The number of hydrogen-bond donors (Lipinski definition) is 0. The van der Waals surface area contributed by atoms with Crippen molar-refractivity contribution < 1.29 is 9.59 Å². The van der Waals surface area contributed by atoms with Gasteiger partial charge >= 0.3 is 0 Å². The molecule has 0 spiro atoms. The molecule has 1 aromatic heterocycles. The van der Waals surface area contributed by atoms with Gasteiger partial charge in [-0.2, -0.15) is 0 Å². The van der Waals surface area contributed by atoms with Gasteiger partial charge in [-0.25, -0.2) is 4.90 Å². The third kappa shape index (κ3) is 9.00. The van der Waals surface area contributed by atoms with Crippen LogP contribution in [0.1, 0.15) is 73.0 Å². The molecule has 55 heavy (non-hydrogen) atoms. The van der Waals surface area contributed by atoms with Crippen LogP contribution in [0, 0.1) is 0 Å². The van der Waals surface area contributed by atoms with E-state index in [0.717, 1.165) is 39.4 Å². The fourth-order valence-electron chi connectivity index (χ4n) is 6.83. The number of hydrogen-bond acceptors (Lipinski definition) is 4. The smallest absolute Gasteiger partial charge is 0.266 e. The average molecular weight is 948 g/mol. The van der Waals surface area contributed by atoms with Crippen molar-refractivity contribution in [3.05, 3.63) is 185 Å². The minimum absolute atomic E-state index is 0.105. The van der Waals surface area contributed by atoms with E-state index >= 15 is 0 Å². The van der Waals surface area contributed by atoms with Crippen molar-refractivity contribution in [2.75, 3.05) is 12.2 Å². The van der Waals surface area contributed by atoms with Crippen molar-refractivity contribution in [2.45, 2.75) is 39.5 Å². The number of benzene rings is 5. The van der Waals surface area contributed by atoms with Crippen LogP contribution in [0.15, 0.2) is 152 Å². The van der Waals surface area contributed by atoms with Gasteiger partial charge in [-0.1, -0.05) is 176 Å². The van der Waals surface area contributed by atoms with E-state index in [1.165, 1.54) is 7.33 Å². The Hall–Kier alpha value is -4.87. The Kier molecular flexibility index (Phi) is 13.5. The number of imide groups is 1. The highest BCUT2D eigenvalue weighted by Gasteiger charge is 2.42. The maximum atomic E-state index is 14.9. The molecule has 2 heterocycles. The summed E-state index contributed by atoms with van der Waals surface area (Å²) in [7, 11) is 0. The molecule has 5 aromatic carbocycles. The molecule has 0 fully saturated rings. The van der Waals surface area contributed by atoms with Crippen LogP contribution in [-0.2, 0) is 9.59 Å². The topological polar surface area (TPSA) is 53.5 Å². The summed E-state index contributed by atoms with van der Waals surface area (Å²) in [6.45, 7) is 8.41. The molecule has 2 amide bonds. The maximum absolute atomic E-state index is 14.9. The summed E-state index contributed by atoms with van der Waals surface area (Å²) in [6, 6.07) is 48.0. The molecule has 276 valence electrons. The number of carbonyl (C=O) groups excluding carboxylic acids is 2. The Morgan fingerprint density at radius 2 is 1.02 bits per heavy atom. The third-order valence-electron chi connectivity index (χ3n) is 9.43. The Bertz CT molecular complexity index is 2220. The molecule has 0 unspecified atom stereocenters. The van der Waals surface area contributed by atoms with Crippen molar-refractivity contribution in [3.8, 4) is 0 Å². The summed E-state index contributed by atoms with van der Waals surface area (Å²) in [5.41, 5.74) is 9.60. The predicted molar refractivity (Wildman–Crippen MR) is 248 cm³/mol. The van der Waals surface area contributed by atoms with E-state index in [2.05, 4.69) is 107 Å². The molecule has 0 aliphatic carbocycles. The molecule has 0 N–H and O–H groups in total. The lowest BCUT2D eigenvalue weighted by atomic mass is 9.91. The number of rotatable bonds is 10. The highest BCUT2D eigenvalue weighted by Crippen LogP contribution is 2.44. The fourth-order valence-corrected chi connectivity index (χ4v) is 6.83. The molecule has 0 saturated heterocycles. The number of anilines is 4. The lowest BCUT2D eigenvalue weighted by Crippen LogP contribution is -2.33. The standard InChI is InChI=1S/C47H41N3O2.CH2I2/c1-32(2)41-19-13-20-42(33(3)4)45(41)50-46(51)43(35-24-21-34(22-25-35)23-28-37-14-11-12-31-48-37)44(47(50)52)36-26-29-40(30-27-36)49(38-15-7-5-8-16-38)39-17-9-6-10-18-39;2-1-3/h5-33H,1-4H3;1H2/b28-23+;. The molecular formula is C48H43I2N3O2. The van der Waals surface area contributed by atoms with Crippen LogP contribution in [-0.4, -0.2) is 19.2 Å². The number of alkyl halides is 2. The molecule has 5 nitrogen and oxygen atoms in total. The van der Waals surface area contributed by atoms with Crippen molar-refractivity contribution in [1.82, 2.24) is 4.98 Å². The Morgan fingerprint density at radius 1 is 0.564 bits per heavy atom. The monoisotopic (exact) mass is 947 g/mol. The van der Waals surface area contributed by atoms with E-state index < -0.39 is 0 Å². The number of halogens is 2. The van der Waals surface area contributed by atoms with Crippen molar-refractivity contribution in [3.63, 3.8) is 0 Å². The third-order valence-corrected chi connectivity index (χ3v) is 9.43. The summed E-state index contributed by atoms with van der Waals surface area (Å²) in [5.74, 6) is -0.419. The highest BCUT2D eigenvalue weighted by atomic mass is 127. The first-order valence-electron chi connectivity index (χ1n) is 18.3. The largest absolute Gasteiger partial charge is 0.311 e. The highest BCUT2D eigenvalue weighted by molar-refractivity contribution is 14.2. The lowest BCUT2D eigenvalue weighted by Gasteiger charge is -2.26. The Morgan fingerprint density at radius 3 is 1.47 bits per heavy atom. The van der Waals surface area contributed by atoms with Crippen LogP contribution in [0.2, 0.25) is 0 Å². The van der Waals surface area contributed by atoms with Crippen molar-refractivity contribution >= 4 is 103 Å². The fraction of sp³-hybridized carbons (Fsp3) is 0.146. The number of nitrogens with zero attached hydrogens (tertiary/aromatic N) is 3. The molecule has 7 rings (SSSR count). The lowest BCUT2D eigenvalue weighted by molar-refractivity contribution is -0.119. The van der Waals surface area contributed by atoms with Crippen LogP contribution >= 0.6 is 45.2 Å². The van der Waals surface area contributed by atoms with Gasteiger partial charge in [-0.05, 0) is 94.3 Å². The number of amides is 2. The van der Waals surface area contributed by atoms with Gasteiger partial charge in [0.1, 0.15) is 0 Å². The van der Waals surface area contributed by atoms with E-state index in [0.29, 0.717) is 28.0 Å². The zero-order chi connectivity index (χ0) is 38.9. The number of pyridine rings is 1. The quantitative estimate of drug-likeness (QED) is 0.0780. The SMILES string of the molecule is CC(C)c1cccc(C(C)C)c1N1C(=O)C(c2ccc(/C=C/c3ccccn3)cc2)=C(c2ccc(N(c3ccccc3)c3ccccc3)cc2)C1=O.ICI. The summed E-state index contributed by atoms with van der Waals surface area (Å²) in [4.78, 5) is 37.7. The second kappa shape index (κ2) is 18.6. The molecule has 1 aliphatic rings. The van der Waals surface area contributed by atoms with Crippen LogP contribution in [0.3, 0.4) is 0 Å². The molecule has 0 radical (unpaired) electrons. The first-order valence-corrected chi connectivity index (χ1v) is 21.4. The molecule has 0 saturated carbocycles. The van der Waals surface area contributed by atoms with Gasteiger partial charge in [0, 0.05) is 23.3 Å². The van der Waals surface area contributed by atoms with Gasteiger partial charge in [-0.15, -0.1) is 0 Å². The second-order valence-electron chi connectivity index (χ2n) is 13.7. The number of aromatic nitrogens is 1. The molecule has 7 heteroatoms. The van der Waals surface area contributed by atoms with Crippen LogP contribution in [0.5, 0.6) is 0 Å². The van der Waals surface area contributed by atoms with Crippen molar-refractivity contribution in [2.24, 2.45) is 0 Å². The molecular weight excluding hydrogens is 904 g/mol. The zero-order valence-corrected chi connectivity index (χ0v) is 35.7. The summed E-state index contributed by atoms with van der Waals surface area (Å²) in [6.07, 6.45) is 5.71.